The van der Waals surface area contributed by atoms with E-state index in [1.165, 1.54) is 44.1 Å². The van der Waals surface area contributed by atoms with Crippen molar-refractivity contribution in [2.75, 3.05) is 6.61 Å². The van der Waals surface area contributed by atoms with Gasteiger partial charge >= 0.3 is 0 Å². The summed E-state index contributed by atoms with van der Waals surface area (Å²) in [6.07, 6.45) is 8.75. The molecule has 0 fully saturated rings. The molecule has 0 atom stereocenters. The third kappa shape index (κ3) is 6.35. The van der Waals surface area contributed by atoms with E-state index in [2.05, 4.69) is 38.1 Å². The van der Waals surface area contributed by atoms with E-state index in [0.717, 1.165) is 18.8 Å². The van der Waals surface area contributed by atoms with Gasteiger partial charge in [0.25, 0.3) is 0 Å². The van der Waals surface area contributed by atoms with Crippen molar-refractivity contribution in [3.63, 3.8) is 0 Å². The second-order valence-corrected chi connectivity index (χ2v) is 4.66. The smallest absolute Gasteiger partial charge is 0.119 e. The average Bonchev–Trinajstić information content (AvgIpc) is 2.36. The molecular formula is C16H26O. The van der Waals surface area contributed by atoms with Crippen molar-refractivity contribution in [1.29, 1.82) is 0 Å². The summed E-state index contributed by atoms with van der Waals surface area (Å²) >= 11 is 0. The molecule has 1 heteroatoms. The second-order valence-electron chi connectivity index (χ2n) is 4.66. The van der Waals surface area contributed by atoms with Gasteiger partial charge in [-0.15, -0.1) is 0 Å². The molecule has 1 aromatic rings. The predicted molar refractivity (Wildman–Crippen MR) is 74.7 cm³/mol. The molecule has 0 unspecified atom stereocenters. The summed E-state index contributed by atoms with van der Waals surface area (Å²) in [6, 6.07) is 8.57. The molecule has 0 saturated heterocycles. The maximum Gasteiger partial charge on any atom is 0.119 e. The van der Waals surface area contributed by atoms with Crippen LogP contribution in [0.4, 0.5) is 0 Å². The first-order chi connectivity index (χ1) is 8.36. The number of benzene rings is 1. The van der Waals surface area contributed by atoms with Crippen molar-refractivity contribution in [2.45, 2.75) is 58.8 Å². The van der Waals surface area contributed by atoms with Gasteiger partial charge in [0.15, 0.2) is 0 Å². The molecule has 1 rings (SSSR count). The Labute approximate surface area is 106 Å². The Morgan fingerprint density at radius 1 is 0.941 bits per heavy atom. The van der Waals surface area contributed by atoms with E-state index in [-0.39, 0.29) is 0 Å². The van der Waals surface area contributed by atoms with Crippen LogP contribution >= 0.6 is 0 Å². The van der Waals surface area contributed by atoms with Gasteiger partial charge in [0.2, 0.25) is 0 Å². The van der Waals surface area contributed by atoms with Crippen LogP contribution < -0.4 is 4.74 Å². The summed E-state index contributed by atoms with van der Waals surface area (Å²) in [6.45, 7) is 5.31. The van der Waals surface area contributed by atoms with E-state index in [9.17, 15) is 0 Å². The van der Waals surface area contributed by atoms with Crippen LogP contribution in [0, 0.1) is 0 Å². The molecule has 0 saturated carbocycles. The summed E-state index contributed by atoms with van der Waals surface area (Å²) in [7, 11) is 0. The molecule has 1 aromatic carbocycles. The molecule has 0 bridgehead atoms. The van der Waals surface area contributed by atoms with Crippen molar-refractivity contribution < 1.29 is 4.74 Å². The molecule has 0 amide bonds. The van der Waals surface area contributed by atoms with Crippen molar-refractivity contribution in [3.8, 4) is 5.75 Å². The van der Waals surface area contributed by atoms with Gasteiger partial charge in [0.05, 0.1) is 6.61 Å². The van der Waals surface area contributed by atoms with Gasteiger partial charge in [0, 0.05) is 0 Å². The zero-order valence-corrected chi connectivity index (χ0v) is 11.4. The fraction of sp³-hybridized carbons (Fsp3) is 0.625. The van der Waals surface area contributed by atoms with Crippen LogP contribution in [0.5, 0.6) is 5.75 Å². The largest absolute Gasteiger partial charge is 0.494 e. The quantitative estimate of drug-likeness (QED) is 0.547. The van der Waals surface area contributed by atoms with Gasteiger partial charge in [-0.05, 0) is 37.0 Å². The van der Waals surface area contributed by atoms with E-state index >= 15 is 0 Å². The summed E-state index contributed by atoms with van der Waals surface area (Å²) in [5.41, 5.74) is 1.41. The van der Waals surface area contributed by atoms with Gasteiger partial charge in [-0.3, -0.25) is 0 Å². The van der Waals surface area contributed by atoms with Crippen LogP contribution in [0.3, 0.4) is 0 Å². The predicted octanol–water partition coefficient (Wildman–Crippen LogP) is 4.99. The normalized spacial score (nSPS) is 10.5. The third-order valence-corrected chi connectivity index (χ3v) is 2.98. The minimum Gasteiger partial charge on any atom is -0.494 e. The Hall–Kier alpha value is -0.980. The lowest BCUT2D eigenvalue weighted by Crippen LogP contribution is -1.97. The van der Waals surface area contributed by atoms with E-state index in [1.54, 1.807) is 0 Å². The molecule has 0 aliphatic rings. The highest BCUT2D eigenvalue weighted by Crippen LogP contribution is 2.16. The molecule has 0 aliphatic heterocycles. The van der Waals surface area contributed by atoms with E-state index < -0.39 is 0 Å². The molecule has 0 heterocycles. The number of unbranched alkanes of at least 4 members (excludes halogenated alkanes) is 4. The number of rotatable bonds is 9. The fourth-order valence-electron chi connectivity index (χ4n) is 1.91. The Balaban J connectivity index is 2.31. The molecule has 0 radical (unpaired) electrons. The summed E-state index contributed by atoms with van der Waals surface area (Å²) in [4.78, 5) is 0. The second kappa shape index (κ2) is 9.09. The lowest BCUT2D eigenvalue weighted by atomic mass is 10.1. The molecule has 0 spiro atoms. The zero-order chi connectivity index (χ0) is 12.3. The van der Waals surface area contributed by atoms with Crippen molar-refractivity contribution in [1.82, 2.24) is 0 Å². The van der Waals surface area contributed by atoms with Crippen LogP contribution in [-0.4, -0.2) is 6.61 Å². The van der Waals surface area contributed by atoms with Crippen LogP contribution in [0.1, 0.15) is 57.9 Å². The minimum absolute atomic E-state index is 0.853. The van der Waals surface area contributed by atoms with E-state index in [1.807, 2.05) is 0 Å². The monoisotopic (exact) mass is 234 g/mol. The van der Waals surface area contributed by atoms with Gasteiger partial charge in [-0.1, -0.05) is 51.7 Å². The zero-order valence-electron chi connectivity index (χ0n) is 11.4. The number of hydrogen-bond acceptors (Lipinski definition) is 1. The van der Waals surface area contributed by atoms with E-state index in [4.69, 9.17) is 4.74 Å². The van der Waals surface area contributed by atoms with Gasteiger partial charge in [0.1, 0.15) is 5.75 Å². The van der Waals surface area contributed by atoms with Crippen molar-refractivity contribution in [3.05, 3.63) is 29.8 Å². The molecule has 0 aromatic heterocycles. The van der Waals surface area contributed by atoms with Gasteiger partial charge < -0.3 is 4.74 Å². The van der Waals surface area contributed by atoms with Crippen molar-refractivity contribution >= 4 is 0 Å². The summed E-state index contributed by atoms with van der Waals surface area (Å²) in [5, 5.41) is 0. The molecule has 96 valence electrons. The Kier molecular flexibility index (Phi) is 7.53. The van der Waals surface area contributed by atoms with Crippen LogP contribution in [0.15, 0.2) is 24.3 Å². The highest BCUT2D eigenvalue weighted by atomic mass is 16.5. The first-order valence-electron chi connectivity index (χ1n) is 7.08. The molecule has 17 heavy (non-hydrogen) atoms. The Morgan fingerprint density at radius 2 is 1.71 bits per heavy atom. The highest BCUT2D eigenvalue weighted by Gasteiger charge is 1.97. The van der Waals surface area contributed by atoms with Crippen molar-refractivity contribution in [2.24, 2.45) is 0 Å². The summed E-state index contributed by atoms with van der Waals surface area (Å²) < 4.78 is 5.76. The number of ether oxygens (including phenoxy) is 1. The highest BCUT2D eigenvalue weighted by molar-refractivity contribution is 5.28. The third-order valence-electron chi connectivity index (χ3n) is 2.98. The van der Waals surface area contributed by atoms with Crippen LogP contribution in [0.25, 0.3) is 0 Å². The molecule has 0 aliphatic carbocycles. The first-order valence-corrected chi connectivity index (χ1v) is 7.08. The van der Waals surface area contributed by atoms with E-state index in [0.29, 0.717) is 0 Å². The average molecular weight is 234 g/mol. The maximum atomic E-state index is 5.76. The Morgan fingerprint density at radius 3 is 2.47 bits per heavy atom. The number of aryl methyl sites for hydroxylation is 1. The summed E-state index contributed by atoms with van der Waals surface area (Å²) in [5.74, 6) is 1.04. The molecule has 0 N–H and O–H groups in total. The van der Waals surface area contributed by atoms with Crippen LogP contribution in [-0.2, 0) is 6.42 Å². The standard InChI is InChI=1S/C16H26O/c1-3-5-7-10-15-11-9-12-16(14-15)17-13-8-6-4-2/h9,11-12,14H,3-8,10,13H2,1-2H3. The van der Waals surface area contributed by atoms with Gasteiger partial charge in [-0.25, -0.2) is 0 Å². The topological polar surface area (TPSA) is 9.23 Å². The minimum atomic E-state index is 0.853. The number of hydrogen-bond donors (Lipinski definition) is 0. The van der Waals surface area contributed by atoms with Crippen LogP contribution in [0.2, 0.25) is 0 Å². The SMILES string of the molecule is CCCCCOc1cccc(CCCCC)c1. The first kappa shape index (κ1) is 14.1. The molecular weight excluding hydrogens is 208 g/mol. The Bertz CT molecular complexity index is 293. The maximum absolute atomic E-state index is 5.76. The fourth-order valence-corrected chi connectivity index (χ4v) is 1.91. The lowest BCUT2D eigenvalue weighted by Gasteiger charge is -2.07. The lowest BCUT2D eigenvalue weighted by molar-refractivity contribution is 0.306. The molecule has 1 nitrogen and oxygen atoms in total. The van der Waals surface area contributed by atoms with Gasteiger partial charge in [-0.2, -0.15) is 0 Å².